The summed E-state index contributed by atoms with van der Waals surface area (Å²) in [5.41, 5.74) is 3.03. The fraction of sp³-hybridized carbons (Fsp3) is 0.364. The molecule has 0 saturated carbocycles. The lowest BCUT2D eigenvalue weighted by Gasteiger charge is -2.25. The van der Waals surface area contributed by atoms with Crippen LogP contribution >= 0.6 is 0 Å². The molecule has 0 spiro atoms. The van der Waals surface area contributed by atoms with E-state index in [9.17, 15) is 24.8 Å². The zero-order chi connectivity index (χ0) is 21.8. The first-order valence-electron chi connectivity index (χ1n) is 9.34. The van der Waals surface area contributed by atoms with Crippen LogP contribution in [0.2, 0.25) is 0 Å². The number of anilines is 1. The van der Waals surface area contributed by atoms with E-state index >= 15 is 0 Å². The Morgan fingerprint density at radius 1 is 1.10 bits per heavy atom. The van der Waals surface area contributed by atoms with E-state index in [4.69, 9.17) is 0 Å². The van der Waals surface area contributed by atoms with E-state index in [-0.39, 0.29) is 36.4 Å². The summed E-state index contributed by atoms with van der Waals surface area (Å²) in [6.07, 6.45) is 0.106. The third kappa shape index (κ3) is 5.88. The number of hydrogen-bond donors (Lipinski definition) is 1. The minimum atomic E-state index is -1.12. The van der Waals surface area contributed by atoms with Crippen LogP contribution in [0.3, 0.4) is 0 Å². The number of rotatable bonds is 7. The van der Waals surface area contributed by atoms with E-state index in [1.54, 1.807) is 6.07 Å². The van der Waals surface area contributed by atoms with Crippen molar-refractivity contribution in [2.75, 3.05) is 11.4 Å². The second-order valence-corrected chi connectivity index (χ2v) is 8.01. The van der Waals surface area contributed by atoms with Gasteiger partial charge in [-0.25, -0.2) is 4.79 Å². The van der Waals surface area contributed by atoms with E-state index < -0.39 is 10.9 Å². The minimum Gasteiger partial charge on any atom is -0.478 e. The first-order valence-corrected chi connectivity index (χ1v) is 9.34. The topological polar surface area (TPSA) is 101 Å². The molecule has 29 heavy (non-hydrogen) atoms. The third-order valence-corrected chi connectivity index (χ3v) is 4.73. The lowest BCUT2D eigenvalue weighted by Crippen LogP contribution is -2.29. The second kappa shape index (κ2) is 8.86. The van der Waals surface area contributed by atoms with Gasteiger partial charge >= 0.3 is 5.97 Å². The van der Waals surface area contributed by atoms with Gasteiger partial charge in [-0.15, -0.1) is 0 Å². The van der Waals surface area contributed by atoms with E-state index in [0.29, 0.717) is 11.3 Å². The predicted octanol–water partition coefficient (Wildman–Crippen LogP) is 4.05. The maximum atomic E-state index is 12.4. The molecule has 0 heterocycles. The molecule has 0 radical (unpaired) electrons. The van der Waals surface area contributed by atoms with E-state index in [1.807, 2.05) is 24.3 Å². The van der Waals surface area contributed by atoms with Gasteiger partial charge in [0.1, 0.15) is 0 Å². The third-order valence-electron chi connectivity index (χ3n) is 4.73. The summed E-state index contributed by atoms with van der Waals surface area (Å²) in [5, 5.41) is 20.1. The molecule has 1 amide bonds. The van der Waals surface area contributed by atoms with Crippen molar-refractivity contribution >= 4 is 17.6 Å². The number of carbonyl (C=O) groups excluding carboxylic acids is 1. The fourth-order valence-corrected chi connectivity index (χ4v) is 3.03. The quantitative estimate of drug-likeness (QED) is 0.560. The highest BCUT2D eigenvalue weighted by Crippen LogP contribution is 2.27. The lowest BCUT2D eigenvalue weighted by molar-refractivity contribution is -0.479. The average molecular weight is 398 g/mol. The largest absolute Gasteiger partial charge is 0.478 e. The van der Waals surface area contributed by atoms with Crippen LogP contribution in [0.25, 0.3) is 0 Å². The van der Waals surface area contributed by atoms with Crippen molar-refractivity contribution in [2.45, 2.75) is 46.1 Å². The highest BCUT2D eigenvalue weighted by atomic mass is 16.6. The molecule has 7 nitrogen and oxygen atoms in total. The van der Waals surface area contributed by atoms with Gasteiger partial charge in [0.15, 0.2) is 0 Å². The molecule has 0 aromatic heterocycles. The van der Waals surface area contributed by atoms with Gasteiger partial charge in [0, 0.05) is 24.0 Å². The molecule has 0 aliphatic heterocycles. The lowest BCUT2D eigenvalue weighted by atomic mass is 9.87. The highest BCUT2D eigenvalue weighted by molar-refractivity contribution is 5.95. The summed E-state index contributed by atoms with van der Waals surface area (Å²) < 4.78 is 0. The van der Waals surface area contributed by atoms with Crippen LogP contribution in [0, 0.1) is 10.1 Å². The zero-order valence-corrected chi connectivity index (χ0v) is 17.1. The standard InChI is InChI=1S/C22H26N2O5/c1-15(25)23(14-16-5-9-19(10-6-16)22(2,3)4)20-13-18(21(26)27)8-7-17(20)11-12-24(28)29/h5-10,13H,11-12,14H2,1-4H3,(H,26,27). The Hall–Kier alpha value is -3.22. The number of aromatic carboxylic acids is 1. The predicted molar refractivity (Wildman–Crippen MR) is 111 cm³/mol. The molecule has 0 bridgehead atoms. The highest BCUT2D eigenvalue weighted by Gasteiger charge is 2.20. The SMILES string of the molecule is CC(=O)N(Cc1ccc(C(C)(C)C)cc1)c1cc(C(=O)O)ccc1CC[N+](=O)[O-]. The molecule has 0 atom stereocenters. The molecule has 154 valence electrons. The van der Waals surface area contributed by atoms with Crippen molar-refractivity contribution in [3.05, 3.63) is 74.8 Å². The Balaban J connectivity index is 2.42. The van der Waals surface area contributed by atoms with Crippen LogP contribution < -0.4 is 4.90 Å². The van der Waals surface area contributed by atoms with Gasteiger partial charge in [0.05, 0.1) is 12.1 Å². The van der Waals surface area contributed by atoms with Crippen molar-refractivity contribution in [3.8, 4) is 0 Å². The summed E-state index contributed by atoms with van der Waals surface area (Å²) in [5.74, 6) is -1.39. The van der Waals surface area contributed by atoms with Crippen molar-refractivity contribution in [3.63, 3.8) is 0 Å². The number of hydrogen-bond acceptors (Lipinski definition) is 4. The van der Waals surface area contributed by atoms with Gasteiger partial charge in [-0.2, -0.15) is 0 Å². The number of nitrogens with zero attached hydrogens (tertiary/aromatic N) is 2. The van der Waals surface area contributed by atoms with Gasteiger partial charge in [0.25, 0.3) is 0 Å². The van der Waals surface area contributed by atoms with Crippen LogP contribution in [0.15, 0.2) is 42.5 Å². The van der Waals surface area contributed by atoms with Gasteiger partial charge < -0.3 is 10.0 Å². The smallest absolute Gasteiger partial charge is 0.335 e. The first kappa shape index (κ1) is 22.1. The molecule has 2 aromatic rings. The maximum absolute atomic E-state index is 12.4. The van der Waals surface area contributed by atoms with Crippen LogP contribution in [-0.4, -0.2) is 28.5 Å². The molecule has 0 unspecified atom stereocenters. The second-order valence-electron chi connectivity index (χ2n) is 8.01. The Morgan fingerprint density at radius 2 is 1.72 bits per heavy atom. The van der Waals surface area contributed by atoms with Gasteiger partial charge in [-0.05, 0) is 34.2 Å². The molecule has 2 aromatic carbocycles. The summed E-state index contributed by atoms with van der Waals surface area (Å²) in [7, 11) is 0. The molecule has 0 saturated heterocycles. The van der Waals surface area contributed by atoms with Crippen LogP contribution in [-0.2, 0) is 23.2 Å². The number of carbonyl (C=O) groups is 2. The summed E-state index contributed by atoms with van der Waals surface area (Å²) in [6, 6.07) is 12.2. The van der Waals surface area contributed by atoms with Gasteiger partial charge in [-0.1, -0.05) is 51.1 Å². The number of carboxylic acid groups (broad SMARTS) is 1. The van der Waals surface area contributed by atoms with E-state index in [0.717, 1.165) is 11.1 Å². The minimum absolute atomic E-state index is 0.00428. The molecule has 1 N–H and O–H groups in total. The molecule has 0 fully saturated rings. The average Bonchev–Trinajstić information content (AvgIpc) is 2.63. The number of benzene rings is 2. The first-order chi connectivity index (χ1) is 13.5. The molecular formula is C22H26N2O5. The van der Waals surface area contributed by atoms with E-state index in [2.05, 4.69) is 20.8 Å². The van der Waals surface area contributed by atoms with Crippen LogP contribution in [0.1, 0.15) is 54.7 Å². The normalized spacial score (nSPS) is 11.2. The van der Waals surface area contributed by atoms with E-state index in [1.165, 1.54) is 24.0 Å². The van der Waals surface area contributed by atoms with Crippen molar-refractivity contribution in [1.82, 2.24) is 0 Å². The summed E-state index contributed by atoms with van der Waals surface area (Å²) in [6.45, 7) is 7.68. The van der Waals surface area contributed by atoms with Gasteiger partial charge in [-0.3, -0.25) is 14.9 Å². The zero-order valence-electron chi connectivity index (χ0n) is 17.1. The Kier molecular flexibility index (Phi) is 6.74. The maximum Gasteiger partial charge on any atom is 0.335 e. The number of carboxylic acids is 1. The Morgan fingerprint density at radius 3 is 2.21 bits per heavy atom. The van der Waals surface area contributed by atoms with Crippen LogP contribution in [0.5, 0.6) is 0 Å². The summed E-state index contributed by atoms with van der Waals surface area (Å²) >= 11 is 0. The van der Waals surface area contributed by atoms with Crippen LogP contribution in [0.4, 0.5) is 5.69 Å². The molecule has 7 heteroatoms. The number of amides is 1. The number of nitro groups is 1. The summed E-state index contributed by atoms with van der Waals surface area (Å²) in [4.78, 5) is 35.6. The monoisotopic (exact) mass is 398 g/mol. The molecule has 0 aliphatic carbocycles. The van der Waals surface area contributed by atoms with Crippen molar-refractivity contribution < 1.29 is 19.6 Å². The molecular weight excluding hydrogens is 372 g/mol. The Bertz CT molecular complexity index is 914. The molecule has 0 aliphatic rings. The van der Waals surface area contributed by atoms with Gasteiger partial charge in [0.2, 0.25) is 12.5 Å². The van der Waals surface area contributed by atoms with Crippen molar-refractivity contribution in [1.29, 1.82) is 0 Å². The Labute approximate surface area is 170 Å². The fourth-order valence-electron chi connectivity index (χ4n) is 3.03. The molecule has 2 rings (SSSR count). The van der Waals surface area contributed by atoms with Crippen molar-refractivity contribution in [2.24, 2.45) is 0 Å².